The molecule has 2 atom stereocenters. The van der Waals surface area contributed by atoms with Gasteiger partial charge in [-0.1, -0.05) is 6.07 Å². The topological polar surface area (TPSA) is 41.6 Å². The molecule has 2 unspecified atom stereocenters. The maximum Gasteiger partial charge on any atom is 0.254 e. The average Bonchev–Trinajstić information content (AvgIpc) is 3.16. The Balaban J connectivity index is 1.45. The van der Waals surface area contributed by atoms with Crippen molar-refractivity contribution >= 4 is 5.91 Å². The Bertz CT molecular complexity index is 568. The van der Waals surface area contributed by atoms with Crippen LogP contribution in [0.1, 0.15) is 55.3 Å². The molecule has 2 heterocycles. The van der Waals surface area contributed by atoms with Crippen molar-refractivity contribution in [2.45, 2.75) is 63.1 Å². The summed E-state index contributed by atoms with van der Waals surface area (Å²) in [6.45, 7) is 1.70. The van der Waals surface area contributed by atoms with Gasteiger partial charge in [0.25, 0.3) is 5.91 Å². The van der Waals surface area contributed by atoms with E-state index >= 15 is 0 Å². The van der Waals surface area contributed by atoms with Crippen LogP contribution in [-0.4, -0.2) is 42.1 Å². The minimum absolute atomic E-state index is 0.149. The lowest BCUT2D eigenvalue weighted by Crippen LogP contribution is -2.39. The van der Waals surface area contributed by atoms with E-state index in [1.165, 1.54) is 25.7 Å². The first-order chi connectivity index (χ1) is 11.3. The van der Waals surface area contributed by atoms with E-state index in [9.17, 15) is 4.79 Å². The lowest BCUT2D eigenvalue weighted by atomic mass is 10.1. The Morgan fingerprint density at radius 3 is 2.78 bits per heavy atom. The Morgan fingerprint density at radius 1 is 1.09 bits per heavy atom. The van der Waals surface area contributed by atoms with E-state index in [0.717, 1.165) is 43.7 Å². The molecule has 3 aliphatic rings. The van der Waals surface area contributed by atoms with E-state index in [-0.39, 0.29) is 5.91 Å². The second kappa shape index (κ2) is 6.52. The van der Waals surface area contributed by atoms with Crippen LogP contribution >= 0.6 is 0 Å². The molecule has 124 valence electrons. The summed E-state index contributed by atoms with van der Waals surface area (Å²) in [5, 5.41) is 3.63. The number of hydrogen-bond donors (Lipinski definition) is 1. The summed E-state index contributed by atoms with van der Waals surface area (Å²) in [6.07, 6.45) is 8.65. The van der Waals surface area contributed by atoms with Crippen LogP contribution in [0.25, 0.3) is 0 Å². The summed E-state index contributed by atoms with van der Waals surface area (Å²) in [5.41, 5.74) is 0.762. The minimum Gasteiger partial charge on any atom is -0.490 e. The normalized spacial score (nSPS) is 27.9. The monoisotopic (exact) mass is 314 g/mol. The summed E-state index contributed by atoms with van der Waals surface area (Å²) < 4.78 is 6.04. The molecule has 4 nitrogen and oxygen atoms in total. The third kappa shape index (κ3) is 3.37. The summed E-state index contributed by atoms with van der Waals surface area (Å²) in [6, 6.07) is 8.84. The number of hydrogen-bond acceptors (Lipinski definition) is 3. The third-order valence-electron chi connectivity index (χ3n) is 5.50. The number of fused-ring (bicyclic) bond motifs is 2. The molecule has 1 aliphatic carbocycles. The molecule has 1 aromatic rings. The van der Waals surface area contributed by atoms with Crippen LogP contribution in [0.5, 0.6) is 5.75 Å². The summed E-state index contributed by atoms with van der Waals surface area (Å²) in [5.74, 6) is 0.994. The van der Waals surface area contributed by atoms with Crippen LogP contribution in [0, 0.1) is 0 Å². The van der Waals surface area contributed by atoms with Crippen molar-refractivity contribution in [2.75, 3.05) is 13.1 Å². The van der Waals surface area contributed by atoms with E-state index in [2.05, 4.69) is 5.32 Å². The number of amides is 1. The smallest absolute Gasteiger partial charge is 0.254 e. The van der Waals surface area contributed by atoms with E-state index in [0.29, 0.717) is 18.2 Å². The second-order valence-corrected chi connectivity index (χ2v) is 7.23. The van der Waals surface area contributed by atoms with E-state index in [1.54, 1.807) is 0 Å². The van der Waals surface area contributed by atoms with Crippen molar-refractivity contribution < 1.29 is 9.53 Å². The molecule has 1 aromatic carbocycles. The highest BCUT2D eigenvalue weighted by molar-refractivity contribution is 5.94. The molecule has 0 radical (unpaired) electrons. The van der Waals surface area contributed by atoms with Crippen molar-refractivity contribution in [3.8, 4) is 5.75 Å². The summed E-state index contributed by atoms with van der Waals surface area (Å²) in [4.78, 5) is 14.9. The maximum absolute atomic E-state index is 12.9. The predicted octanol–water partition coefficient (Wildman–Crippen LogP) is 2.97. The zero-order chi connectivity index (χ0) is 15.6. The van der Waals surface area contributed by atoms with Crippen LogP contribution < -0.4 is 10.1 Å². The highest BCUT2D eigenvalue weighted by atomic mass is 16.5. The Hall–Kier alpha value is -1.55. The van der Waals surface area contributed by atoms with E-state index in [1.807, 2.05) is 29.2 Å². The quantitative estimate of drug-likeness (QED) is 0.932. The highest BCUT2D eigenvalue weighted by Gasteiger charge is 2.31. The Labute approximate surface area is 138 Å². The molecule has 4 rings (SSSR count). The molecule has 2 aliphatic heterocycles. The fraction of sp³-hybridized carbons (Fsp3) is 0.632. The Kier molecular flexibility index (Phi) is 4.25. The fourth-order valence-corrected chi connectivity index (χ4v) is 4.21. The average molecular weight is 314 g/mol. The van der Waals surface area contributed by atoms with Crippen molar-refractivity contribution in [1.29, 1.82) is 0 Å². The van der Waals surface area contributed by atoms with Gasteiger partial charge in [-0.05, 0) is 63.1 Å². The molecule has 0 spiro atoms. The van der Waals surface area contributed by atoms with Gasteiger partial charge >= 0.3 is 0 Å². The molecule has 1 amide bonds. The lowest BCUT2D eigenvalue weighted by molar-refractivity contribution is 0.0747. The van der Waals surface area contributed by atoms with Gasteiger partial charge in [0, 0.05) is 30.7 Å². The van der Waals surface area contributed by atoms with Crippen molar-refractivity contribution in [2.24, 2.45) is 0 Å². The zero-order valence-electron chi connectivity index (χ0n) is 13.7. The van der Waals surface area contributed by atoms with Gasteiger partial charge in [0.05, 0.1) is 6.10 Å². The van der Waals surface area contributed by atoms with E-state index < -0.39 is 0 Å². The number of nitrogens with zero attached hydrogens (tertiary/aromatic N) is 1. The SMILES string of the molecule is O=C(c1cccc(OC2CCCC2)c1)N1CCC2CCC(C1)N2. The number of benzene rings is 1. The molecule has 1 saturated carbocycles. The van der Waals surface area contributed by atoms with Crippen molar-refractivity contribution in [3.63, 3.8) is 0 Å². The van der Waals surface area contributed by atoms with E-state index in [4.69, 9.17) is 4.74 Å². The van der Waals surface area contributed by atoms with Crippen LogP contribution in [0.3, 0.4) is 0 Å². The van der Waals surface area contributed by atoms with Gasteiger partial charge in [-0.2, -0.15) is 0 Å². The Morgan fingerprint density at radius 2 is 1.91 bits per heavy atom. The van der Waals surface area contributed by atoms with Gasteiger partial charge in [-0.15, -0.1) is 0 Å². The van der Waals surface area contributed by atoms with Gasteiger partial charge in [0.1, 0.15) is 5.75 Å². The van der Waals surface area contributed by atoms with Gasteiger partial charge in [-0.3, -0.25) is 4.79 Å². The van der Waals surface area contributed by atoms with Gasteiger partial charge in [0.2, 0.25) is 0 Å². The van der Waals surface area contributed by atoms with Gasteiger partial charge in [0.15, 0.2) is 0 Å². The van der Waals surface area contributed by atoms with Crippen LogP contribution in [0.15, 0.2) is 24.3 Å². The third-order valence-corrected chi connectivity index (χ3v) is 5.50. The minimum atomic E-state index is 0.149. The first-order valence-electron chi connectivity index (χ1n) is 9.10. The lowest BCUT2D eigenvalue weighted by Gasteiger charge is -2.24. The molecule has 3 fully saturated rings. The number of carbonyl (C=O) groups excluding carboxylic acids is 1. The van der Waals surface area contributed by atoms with Crippen molar-refractivity contribution in [3.05, 3.63) is 29.8 Å². The maximum atomic E-state index is 12.9. The molecular formula is C19H26N2O2. The van der Waals surface area contributed by atoms with Crippen molar-refractivity contribution in [1.82, 2.24) is 10.2 Å². The largest absolute Gasteiger partial charge is 0.490 e. The van der Waals surface area contributed by atoms with Crippen LogP contribution in [0.2, 0.25) is 0 Å². The molecular weight excluding hydrogens is 288 g/mol. The number of rotatable bonds is 3. The fourth-order valence-electron chi connectivity index (χ4n) is 4.21. The predicted molar refractivity (Wildman–Crippen MR) is 89.8 cm³/mol. The summed E-state index contributed by atoms with van der Waals surface area (Å²) in [7, 11) is 0. The van der Waals surface area contributed by atoms with Crippen LogP contribution in [0.4, 0.5) is 0 Å². The molecule has 2 bridgehead atoms. The summed E-state index contributed by atoms with van der Waals surface area (Å²) >= 11 is 0. The standard InChI is InChI=1S/C19H26N2O2/c22-19(21-11-10-15-8-9-16(13-21)20-15)14-4-3-7-18(12-14)23-17-5-1-2-6-17/h3-4,7,12,15-17,20H,1-2,5-6,8-11,13H2. The molecule has 4 heteroatoms. The number of likely N-dealkylation sites (tertiary alicyclic amines) is 1. The zero-order valence-corrected chi connectivity index (χ0v) is 13.7. The first-order valence-corrected chi connectivity index (χ1v) is 9.10. The number of nitrogens with one attached hydrogen (secondary N) is 1. The highest BCUT2D eigenvalue weighted by Crippen LogP contribution is 2.26. The van der Waals surface area contributed by atoms with Gasteiger partial charge in [-0.25, -0.2) is 0 Å². The number of carbonyl (C=O) groups is 1. The molecule has 0 aromatic heterocycles. The van der Waals surface area contributed by atoms with Gasteiger partial charge < -0.3 is 15.0 Å². The second-order valence-electron chi connectivity index (χ2n) is 7.23. The first kappa shape index (κ1) is 15.0. The van der Waals surface area contributed by atoms with Crippen LogP contribution in [-0.2, 0) is 0 Å². The molecule has 23 heavy (non-hydrogen) atoms. The molecule has 1 N–H and O–H groups in total. The number of ether oxygens (including phenoxy) is 1. The molecule has 2 saturated heterocycles.